The maximum Gasteiger partial charge on any atom is 0.311 e. The predicted octanol–water partition coefficient (Wildman–Crippen LogP) is 0.562. The van der Waals surface area contributed by atoms with Gasteiger partial charge in [0.2, 0.25) is 5.91 Å². The number of hydrogen-bond donors (Lipinski definition) is 1. The first-order chi connectivity index (χ1) is 9.42. The Kier molecular flexibility index (Phi) is 3.92. The van der Waals surface area contributed by atoms with Crippen LogP contribution in [0, 0.1) is 5.41 Å². The molecule has 1 atom stereocenters. The van der Waals surface area contributed by atoms with E-state index in [-0.39, 0.29) is 24.4 Å². The number of aryl methyl sites for hydroxylation is 1. The molecule has 1 saturated heterocycles. The average Bonchev–Trinajstić information content (AvgIpc) is 2.82. The Balaban J connectivity index is 1.93. The van der Waals surface area contributed by atoms with Gasteiger partial charge in [0.15, 0.2) is 0 Å². The second-order valence-electron chi connectivity index (χ2n) is 5.41. The van der Waals surface area contributed by atoms with Gasteiger partial charge in [0.25, 0.3) is 5.56 Å². The van der Waals surface area contributed by atoms with Crippen LogP contribution in [0.1, 0.15) is 19.8 Å². The maximum absolute atomic E-state index is 12.1. The van der Waals surface area contributed by atoms with Crippen molar-refractivity contribution in [3.8, 4) is 0 Å². The number of pyridine rings is 1. The number of aromatic nitrogens is 1. The van der Waals surface area contributed by atoms with Crippen LogP contribution in [0.25, 0.3) is 0 Å². The zero-order valence-electron chi connectivity index (χ0n) is 11.4. The fourth-order valence-corrected chi connectivity index (χ4v) is 2.37. The molecule has 6 nitrogen and oxygen atoms in total. The zero-order chi connectivity index (χ0) is 14.8. The molecule has 6 heteroatoms. The summed E-state index contributed by atoms with van der Waals surface area (Å²) in [5.41, 5.74) is -0.990. The molecule has 1 aromatic rings. The van der Waals surface area contributed by atoms with Crippen LogP contribution in [0.5, 0.6) is 0 Å². The van der Waals surface area contributed by atoms with Gasteiger partial charge in [-0.1, -0.05) is 6.07 Å². The number of rotatable bonds is 4. The van der Waals surface area contributed by atoms with Crippen molar-refractivity contribution in [3.05, 3.63) is 34.7 Å². The lowest BCUT2D eigenvalue weighted by Gasteiger charge is -2.20. The van der Waals surface area contributed by atoms with Crippen molar-refractivity contribution in [2.24, 2.45) is 5.41 Å². The molecule has 0 saturated carbocycles. The van der Waals surface area contributed by atoms with Gasteiger partial charge in [0.05, 0.1) is 5.41 Å². The zero-order valence-corrected chi connectivity index (χ0v) is 11.4. The van der Waals surface area contributed by atoms with Crippen molar-refractivity contribution in [1.82, 2.24) is 9.47 Å². The van der Waals surface area contributed by atoms with Crippen LogP contribution < -0.4 is 5.56 Å². The Morgan fingerprint density at radius 2 is 2.15 bits per heavy atom. The standard InChI is InChI=1S/C14H18N2O4/c1-14(13(19)20)6-9-16(10-14)12(18)5-8-15-7-3-2-4-11(15)17/h2-4,7H,5-6,8-10H2,1H3,(H,19,20). The predicted molar refractivity (Wildman–Crippen MR) is 72.3 cm³/mol. The van der Waals surface area contributed by atoms with E-state index < -0.39 is 11.4 Å². The lowest BCUT2D eigenvalue weighted by Crippen LogP contribution is -2.35. The highest BCUT2D eigenvalue weighted by molar-refractivity contribution is 5.80. The maximum atomic E-state index is 12.1. The second kappa shape index (κ2) is 5.48. The Bertz CT molecular complexity index is 581. The highest BCUT2D eigenvalue weighted by Gasteiger charge is 2.41. The van der Waals surface area contributed by atoms with Gasteiger partial charge in [-0.3, -0.25) is 14.4 Å². The summed E-state index contributed by atoms with van der Waals surface area (Å²) in [6.45, 7) is 2.68. The summed E-state index contributed by atoms with van der Waals surface area (Å²) in [6.07, 6.45) is 2.32. The lowest BCUT2D eigenvalue weighted by atomic mass is 9.90. The molecule has 2 rings (SSSR count). The van der Waals surface area contributed by atoms with Crippen LogP contribution in [0.2, 0.25) is 0 Å². The van der Waals surface area contributed by atoms with E-state index in [0.29, 0.717) is 19.5 Å². The van der Waals surface area contributed by atoms with E-state index in [1.54, 1.807) is 30.2 Å². The minimum atomic E-state index is -0.868. The molecular weight excluding hydrogens is 260 g/mol. The third kappa shape index (κ3) is 2.89. The van der Waals surface area contributed by atoms with E-state index in [2.05, 4.69) is 0 Å². The van der Waals surface area contributed by atoms with E-state index in [4.69, 9.17) is 5.11 Å². The van der Waals surface area contributed by atoms with Crippen LogP contribution in [0.3, 0.4) is 0 Å². The molecule has 0 aromatic carbocycles. The van der Waals surface area contributed by atoms with E-state index in [0.717, 1.165) is 0 Å². The normalized spacial score (nSPS) is 21.9. The summed E-state index contributed by atoms with van der Waals surface area (Å²) in [4.78, 5) is 36.3. The largest absolute Gasteiger partial charge is 0.481 e. The Labute approximate surface area is 116 Å². The number of carboxylic acids is 1. The summed E-state index contributed by atoms with van der Waals surface area (Å²) < 4.78 is 1.48. The number of likely N-dealkylation sites (tertiary alicyclic amines) is 1. The molecule has 1 unspecified atom stereocenters. The molecule has 0 radical (unpaired) electrons. The molecule has 2 heterocycles. The topological polar surface area (TPSA) is 79.6 Å². The molecule has 1 N–H and O–H groups in total. The third-order valence-electron chi connectivity index (χ3n) is 3.81. The molecule has 0 bridgehead atoms. The smallest absolute Gasteiger partial charge is 0.311 e. The molecule has 108 valence electrons. The molecule has 20 heavy (non-hydrogen) atoms. The number of carbonyl (C=O) groups excluding carboxylic acids is 1. The highest BCUT2D eigenvalue weighted by atomic mass is 16.4. The van der Waals surface area contributed by atoms with E-state index >= 15 is 0 Å². The van der Waals surface area contributed by atoms with Crippen molar-refractivity contribution in [3.63, 3.8) is 0 Å². The molecule has 1 aromatic heterocycles. The summed E-state index contributed by atoms with van der Waals surface area (Å²) in [7, 11) is 0. The number of nitrogens with zero attached hydrogens (tertiary/aromatic N) is 2. The van der Waals surface area contributed by atoms with Crippen LogP contribution in [-0.2, 0) is 16.1 Å². The summed E-state index contributed by atoms with van der Waals surface area (Å²) in [5, 5.41) is 9.13. The monoisotopic (exact) mass is 278 g/mol. The van der Waals surface area contributed by atoms with Crippen LogP contribution in [0.15, 0.2) is 29.2 Å². The van der Waals surface area contributed by atoms with Gasteiger partial charge in [-0.05, 0) is 19.4 Å². The number of hydrogen-bond acceptors (Lipinski definition) is 3. The quantitative estimate of drug-likeness (QED) is 0.873. The van der Waals surface area contributed by atoms with Crippen molar-refractivity contribution < 1.29 is 14.7 Å². The van der Waals surface area contributed by atoms with E-state index in [1.165, 1.54) is 10.6 Å². The van der Waals surface area contributed by atoms with Crippen molar-refractivity contribution in [2.45, 2.75) is 26.3 Å². The number of aliphatic carboxylic acids is 1. The minimum absolute atomic E-state index is 0.106. The summed E-state index contributed by atoms with van der Waals surface area (Å²) in [5.74, 6) is -0.974. The number of carboxylic acid groups (broad SMARTS) is 1. The van der Waals surface area contributed by atoms with Gasteiger partial charge in [-0.25, -0.2) is 0 Å². The van der Waals surface area contributed by atoms with Crippen LogP contribution >= 0.6 is 0 Å². The van der Waals surface area contributed by atoms with E-state index in [1.807, 2.05) is 0 Å². The molecule has 0 aliphatic carbocycles. The molecule has 1 aliphatic rings. The molecule has 1 fully saturated rings. The van der Waals surface area contributed by atoms with Gasteiger partial charge >= 0.3 is 5.97 Å². The minimum Gasteiger partial charge on any atom is -0.481 e. The SMILES string of the molecule is CC1(C(=O)O)CCN(C(=O)CCn2ccccc2=O)C1. The fourth-order valence-electron chi connectivity index (χ4n) is 2.37. The van der Waals surface area contributed by atoms with Crippen LogP contribution in [0.4, 0.5) is 0 Å². The first kappa shape index (κ1) is 14.3. The highest BCUT2D eigenvalue weighted by Crippen LogP contribution is 2.30. The Hall–Kier alpha value is -2.11. The van der Waals surface area contributed by atoms with E-state index in [9.17, 15) is 14.4 Å². The first-order valence-electron chi connectivity index (χ1n) is 6.59. The molecule has 1 aliphatic heterocycles. The third-order valence-corrected chi connectivity index (χ3v) is 3.81. The van der Waals surface area contributed by atoms with Gasteiger partial charge in [-0.2, -0.15) is 0 Å². The van der Waals surface area contributed by atoms with Gasteiger partial charge in [-0.15, -0.1) is 0 Å². The molecule has 0 spiro atoms. The van der Waals surface area contributed by atoms with Crippen molar-refractivity contribution in [2.75, 3.05) is 13.1 Å². The van der Waals surface area contributed by atoms with Crippen LogP contribution in [-0.4, -0.2) is 39.5 Å². The second-order valence-corrected chi connectivity index (χ2v) is 5.41. The van der Waals surface area contributed by atoms with Crippen molar-refractivity contribution in [1.29, 1.82) is 0 Å². The summed E-state index contributed by atoms with van der Waals surface area (Å²) in [6, 6.07) is 4.84. The molecular formula is C14H18N2O4. The summed E-state index contributed by atoms with van der Waals surface area (Å²) >= 11 is 0. The molecule has 1 amide bonds. The van der Waals surface area contributed by atoms with Gasteiger partial charge in [0.1, 0.15) is 0 Å². The number of amides is 1. The number of carbonyl (C=O) groups is 2. The van der Waals surface area contributed by atoms with Gasteiger partial charge < -0.3 is 14.6 Å². The Morgan fingerprint density at radius 1 is 1.40 bits per heavy atom. The van der Waals surface area contributed by atoms with Crippen molar-refractivity contribution >= 4 is 11.9 Å². The lowest BCUT2D eigenvalue weighted by molar-refractivity contribution is -0.147. The Morgan fingerprint density at radius 3 is 2.75 bits per heavy atom. The fraction of sp³-hybridized carbons (Fsp3) is 0.500. The first-order valence-corrected chi connectivity index (χ1v) is 6.59. The van der Waals surface area contributed by atoms with Gasteiger partial charge in [0, 0.05) is 38.3 Å². The average molecular weight is 278 g/mol.